The predicted molar refractivity (Wildman–Crippen MR) is 150 cm³/mol. The number of amides is 1. The molecular weight excluding hydrogens is 484 g/mol. The van der Waals surface area contributed by atoms with Gasteiger partial charge in [-0.2, -0.15) is 5.26 Å². The molecule has 2 aromatic rings. The average molecular weight is 527 g/mol. The van der Waals surface area contributed by atoms with Crippen molar-refractivity contribution in [1.82, 2.24) is 10.4 Å². The SMILES string of the molecule is C=O.CC(=O)OCc1ccccc1.CC(C)(C)C.CNc1ccccc1.N#CC1CC(C=O)CN1NC=O. The van der Waals surface area contributed by atoms with E-state index in [9.17, 15) is 14.4 Å². The topological polar surface area (TPSA) is 129 Å². The Morgan fingerprint density at radius 3 is 1.95 bits per heavy atom. The molecule has 9 nitrogen and oxygen atoms in total. The van der Waals surface area contributed by atoms with Gasteiger partial charge >= 0.3 is 5.97 Å². The predicted octanol–water partition coefficient (Wildman–Crippen LogP) is 4.41. The molecular formula is C29H42N4O5. The first kappa shape index (κ1) is 36.1. The van der Waals surface area contributed by atoms with E-state index in [1.807, 2.05) is 80.6 Å². The van der Waals surface area contributed by atoms with Crippen LogP contribution in [0.2, 0.25) is 0 Å². The van der Waals surface area contributed by atoms with Crippen molar-refractivity contribution in [1.29, 1.82) is 5.26 Å². The van der Waals surface area contributed by atoms with Gasteiger partial charge in [0.2, 0.25) is 6.41 Å². The molecule has 1 aliphatic rings. The van der Waals surface area contributed by atoms with Crippen LogP contribution in [-0.2, 0) is 30.5 Å². The molecule has 2 atom stereocenters. The van der Waals surface area contributed by atoms with Gasteiger partial charge in [0.1, 0.15) is 25.7 Å². The van der Waals surface area contributed by atoms with Crippen LogP contribution < -0.4 is 10.7 Å². The highest BCUT2D eigenvalue weighted by Crippen LogP contribution is 2.18. The van der Waals surface area contributed by atoms with E-state index in [1.54, 1.807) is 0 Å². The summed E-state index contributed by atoms with van der Waals surface area (Å²) in [5, 5.41) is 13.1. The molecule has 2 aromatic carbocycles. The van der Waals surface area contributed by atoms with Crippen molar-refractivity contribution in [3.05, 3.63) is 66.2 Å². The molecule has 0 saturated carbocycles. The summed E-state index contributed by atoms with van der Waals surface area (Å²) in [7, 11) is 1.91. The summed E-state index contributed by atoms with van der Waals surface area (Å²) >= 11 is 0. The lowest BCUT2D eigenvalue weighted by atomic mass is 10.0. The summed E-state index contributed by atoms with van der Waals surface area (Å²) in [5.74, 6) is -0.379. The average Bonchev–Trinajstić information content (AvgIpc) is 3.32. The number of anilines is 1. The number of hydrazine groups is 1. The zero-order valence-electron chi connectivity index (χ0n) is 23.3. The van der Waals surface area contributed by atoms with Crippen LogP contribution in [0.5, 0.6) is 0 Å². The van der Waals surface area contributed by atoms with Crippen molar-refractivity contribution in [3.8, 4) is 6.07 Å². The number of ether oxygens (including phenoxy) is 1. The minimum atomic E-state index is -0.370. The quantitative estimate of drug-likeness (QED) is 0.418. The first-order valence-electron chi connectivity index (χ1n) is 12.0. The fourth-order valence-corrected chi connectivity index (χ4v) is 2.66. The van der Waals surface area contributed by atoms with Gasteiger partial charge in [0.25, 0.3) is 0 Å². The van der Waals surface area contributed by atoms with Crippen LogP contribution >= 0.6 is 0 Å². The normalized spacial score (nSPS) is 15.4. The highest BCUT2D eigenvalue weighted by Gasteiger charge is 2.31. The third-order valence-electron chi connectivity index (χ3n) is 4.24. The minimum Gasteiger partial charge on any atom is -0.461 e. The molecule has 1 aliphatic heterocycles. The van der Waals surface area contributed by atoms with Crippen LogP contribution in [0.3, 0.4) is 0 Å². The van der Waals surface area contributed by atoms with E-state index >= 15 is 0 Å². The lowest BCUT2D eigenvalue weighted by Crippen LogP contribution is -2.40. The van der Waals surface area contributed by atoms with E-state index in [-0.39, 0.29) is 17.9 Å². The van der Waals surface area contributed by atoms with Crippen molar-refractivity contribution in [2.75, 3.05) is 18.9 Å². The van der Waals surface area contributed by atoms with E-state index in [1.165, 1.54) is 11.9 Å². The number of para-hydroxylation sites is 1. The Hall–Kier alpha value is -4.03. The maximum Gasteiger partial charge on any atom is 0.302 e. The van der Waals surface area contributed by atoms with Gasteiger partial charge < -0.3 is 19.6 Å². The number of carbonyl (C=O) groups is 4. The van der Waals surface area contributed by atoms with Crippen LogP contribution in [0.25, 0.3) is 0 Å². The number of esters is 1. The summed E-state index contributed by atoms with van der Waals surface area (Å²) in [6.07, 6.45) is 1.83. The number of benzene rings is 2. The second kappa shape index (κ2) is 22.2. The second-order valence-corrected chi connectivity index (χ2v) is 9.56. The van der Waals surface area contributed by atoms with E-state index in [4.69, 9.17) is 14.8 Å². The Morgan fingerprint density at radius 2 is 1.58 bits per heavy atom. The maximum atomic E-state index is 10.4. The Morgan fingerprint density at radius 1 is 1.08 bits per heavy atom. The fourth-order valence-electron chi connectivity index (χ4n) is 2.66. The Balaban J connectivity index is 0. The third-order valence-corrected chi connectivity index (χ3v) is 4.24. The number of nitrogens with one attached hydrogen (secondary N) is 2. The summed E-state index contributed by atoms with van der Waals surface area (Å²) in [4.78, 5) is 38.8. The van der Waals surface area contributed by atoms with Crippen molar-refractivity contribution >= 4 is 31.1 Å². The minimum absolute atomic E-state index is 0.137. The molecule has 1 fully saturated rings. The molecule has 2 N–H and O–H groups in total. The molecule has 1 saturated heterocycles. The van der Waals surface area contributed by atoms with Crippen LogP contribution in [-0.4, -0.2) is 50.1 Å². The van der Waals surface area contributed by atoms with E-state index in [2.05, 4.69) is 38.4 Å². The van der Waals surface area contributed by atoms with Crippen molar-refractivity contribution in [2.24, 2.45) is 11.3 Å². The highest BCUT2D eigenvalue weighted by molar-refractivity contribution is 5.65. The van der Waals surface area contributed by atoms with Gasteiger partial charge in [-0.15, -0.1) is 0 Å². The first-order valence-corrected chi connectivity index (χ1v) is 12.0. The number of carbonyl (C=O) groups excluding carboxylic acids is 4. The summed E-state index contributed by atoms with van der Waals surface area (Å²) in [5.41, 5.74) is 5.06. The summed E-state index contributed by atoms with van der Waals surface area (Å²) in [6, 6.07) is 21.3. The number of hydrogen-bond donors (Lipinski definition) is 2. The summed E-state index contributed by atoms with van der Waals surface area (Å²) in [6.45, 7) is 13.0. The Bertz CT molecular complexity index is 921. The third kappa shape index (κ3) is 21.3. The molecule has 3 rings (SSSR count). The highest BCUT2D eigenvalue weighted by atomic mass is 16.5. The van der Waals surface area contributed by atoms with Crippen molar-refractivity contribution in [2.45, 2.75) is 53.7 Å². The largest absolute Gasteiger partial charge is 0.461 e. The fraction of sp³-hybridized carbons (Fsp3) is 0.414. The zero-order valence-corrected chi connectivity index (χ0v) is 23.3. The lowest BCUT2D eigenvalue weighted by Gasteiger charge is -2.15. The van der Waals surface area contributed by atoms with Gasteiger partial charge in [-0.25, -0.2) is 5.01 Å². The molecule has 208 valence electrons. The van der Waals surface area contributed by atoms with Crippen LogP contribution in [0.1, 0.15) is 46.6 Å². The smallest absolute Gasteiger partial charge is 0.302 e. The van der Waals surface area contributed by atoms with E-state index in [0.29, 0.717) is 31.4 Å². The number of nitrogens with zero attached hydrogens (tertiary/aromatic N) is 2. The van der Waals surface area contributed by atoms with E-state index in [0.717, 1.165) is 17.5 Å². The number of hydrogen-bond acceptors (Lipinski definition) is 8. The molecule has 38 heavy (non-hydrogen) atoms. The molecule has 1 amide bonds. The molecule has 0 aliphatic carbocycles. The number of aldehydes is 1. The van der Waals surface area contributed by atoms with Gasteiger partial charge in [0, 0.05) is 32.1 Å². The van der Waals surface area contributed by atoms with Crippen LogP contribution in [0.15, 0.2) is 60.7 Å². The molecule has 0 spiro atoms. The molecule has 1 heterocycles. The zero-order chi connectivity index (χ0) is 29.4. The number of nitriles is 1. The van der Waals surface area contributed by atoms with Gasteiger partial charge in [0.15, 0.2) is 0 Å². The Labute approximate surface area is 227 Å². The van der Waals surface area contributed by atoms with Crippen molar-refractivity contribution in [3.63, 3.8) is 0 Å². The standard InChI is InChI=1S/C9H10O2.C7H9N3O2.C7H9N.C5H12.CH2O/c1-8(10)11-7-9-5-3-2-4-6-9;8-2-7-1-6(4-11)3-10(7)9-5-12;1-8-7-5-3-2-4-6-7;1-5(2,3)4;1-2/h2-6H,7H2,1H3;4-7H,1,3H2,(H,9,12);2-6,8H,1H3;1-4H3;1H2. The second-order valence-electron chi connectivity index (χ2n) is 9.56. The van der Waals surface area contributed by atoms with Gasteiger partial charge in [-0.05, 0) is 29.5 Å². The van der Waals surface area contributed by atoms with Gasteiger partial charge in [-0.1, -0.05) is 76.2 Å². The van der Waals surface area contributed by atoms with Gasteiger partial charge in [0.05, 0.1) is 6.07 Å². The van der Waals surface area contributed by atoms with Gasteiger partial charge in [-0.3, -0.25) is 15.0 Å². The molecule has 0 bridgehead atoms. The molecule has 2 unspecified atom stereocenters. The molecule has 9 heteroatoms. The summed E-state index contributed by atoms with van der Waals surface area (Å²) < 4.78 is 4.79. The molecule has 0 radical (unpaired) electrons. The lowest BCUT2D eigenvalue weighted by molar-refractivity contribution is -0.142. The monoisotopic (exact) mass is 526 g/mol. The van der Waals surface area contributed by atoms with E-state index < -0.39 is 0 Å². The van der Waals surface area contributed by atoms with Crippen molar-refractivity contribution < 1.29 is 23.9 Å². The maximum absolute atomic E-state index is 10.4. The van der Waals surface area contributed by atoms with Crippen LogP contribution in [0, 0.1) is 22.7 Å². The number of rotatable bonds is 6. The molecule has 0 aromatic heterocycles. The Kier molecular flexibility index (Phi) is 21.1. The first-order chi connectivity index (χ1) is 18.0. The van der Waals surface area contributed by atoms with Crippen LogP contribution in [0.4, 0.5) is 5.69 Å².